The molecule has 0 radical (unpaired) electrons. The van der Waals surface area contributed by atoms with Crippen molar-refractivity contribution in [2.75, 3.05) is 4.90 Å². The summed E-state index contributed by atoms with van der Waals surface area (Å²) in [5.41, 5.74) is 4.86. The molecule has 1 N–H and O–H groups in total. The van der Waals surface area contributed by atoms with Gasteiger partial charge < -0.3 is 4.74 Å². The van der Waals surface area contributed by atoms with Gasteiger partial charge in [-0.3, -0.25) is 15.0 Å². The van der Waals surface area contributed by atoms with Gasteiger partial charge in [0.15, 0.2) is 5.71 Å². The predicted octanol–water partition coefficient (Wildman–Crippen LogP) is 1.56. The maximum Gasteiger partial charge on any atom is 0.355 e. The third-order valence-electron chi connectivity index (χ3n) is 4.64. The maximum atomic E-state index is 12.8. The Kier molecular flexibility index (Phi) is 4.19. The van der Waals surface area contributed by atoms with Crippen LogP contribution in [0.4, 0.5) is 5.69 Å². The average Bonchev–Trinajstić information content (AvgIpc) is 3.22. The number of nitrogens with one attached hydrogen (secondary N) is 1. The first kappa shape index (κ1) is 17.0. The summed E-state index contributed by atoms with van der Waals surface area (Å²) in [5.74, 6) is -2.58. The minimum atomic E-state index is -0.970. The summed E-state index contributed by atoms with van der Waals surface area (Å²) in [7, 11) is 0. The molecule has 1 fully saturated rings. The van der Waals surface area contributed by atoms with Crippen LogP contribution in [0.3, 0.4) is 0 Å². The molecule has 1 saturated heterocycles. The van der Waals surface area contributed by atoms with Crippen molar-refractivity contribution in [2.45, 2.75) is 19.6 Å². The van der Waals surface area contributed by atoms with Crippen molar-refractivity contribution < 1.29 is 19.1 Å². The zero-order valence-electron chi connectivity index (χ0n) is 14.6. The van der Waals surface area contributed by atoms with Crippen molar-refractivity contribution in [2.24, 2.45) is 11.0 Å². The van der Waals surface area contributed by atoms with Crippen LogP contribution in [0.2, 0.25) is 0 Å². The number of hydrogen-bond donors (Lipinski definition) is 1. The molecular weight excluding hydrogens is 346 g/mol. The third-order valence-corrected chi connectivity index (χ3v) is 4.64. The van der Waals surface area contributed by atoms with Crippen LogP contribution in [0.25, 0.3) is 0 Å². The summed E-state index contributed by atoms with van der Waals surface area (Å²) < 4.78 is 5.27. The number of imide groups is 1. The van der Waals surface area contributed by atoms with E-state index in [9.17, 15) is 14.4 Å². The number of ether oxygens (including phenoxy) is 1. The zero-order chi connectivity index (χ0) is 19.0. The summed E-state index contributed by atoms with van der Waals surface area (Å²) in [6.45, 7) is 1.99. The molecule has 0 spiro atoms. The monoisotopic (exact) mass is 363 g/mol. The highest BCUT2D eigenvalue weighted by molar-refractivity contribution is 6.46. The highest BCUT2D eigenvalue weighted by atomic mass is 16.5. The van der Waals surface area contributed by atoms with E-state index in [1.807, 2.05) is 49.4 Å². The van der Waals surface area contributed by atoms with Gasteiger partial charge in [-0.25, -0.2) is 9.69 Å². The van der Waals surface area contributed by atoms with Gasteiger partial charge in [0.2, 0.25) is 5.91 Å². The number of nitrogens with zero attached hydrogens (tertiary/aromatic N) is 2. The Balaban J connectivity index is 1.51. The van der Waals surface area contributed by atoms with Crippen molar-refractivity contribution in [3.63, 3.8) is 0 Å². The molecule has 2 amide bonds. The lowest BCUT2D eigenvalue weighted by Gasteiger charge is -2.15. The van der Waals surface area contributed by atoms with Gasteiger partial charge in [-0.1, -0.05) is 48.0 Å². The molecule has 7 heteroatoms. The summed E-state index contributed by atoms with van der Waals surface area (Å²) in [4.78, 5) is 39.0. The molecule has 0 unspecified atom stereocenters. The van der Waals surface area contributed by atoms with Gasteiger partial charge in [0, 0.05) is 0 Å². The Morgan fingerprint density at radius 3 is 2.48 bits per heavy atom. The predicted molar refractivity (Wildman–Crippen MR) is 97.8 cm³/mol. The van der Waals surface area contributed by atoms with Crippen LogP contribution in [0, 0.1) is 12.8 Å². The molecule has 0 aromatic heterocycles. The van der Waals surface area contributed by atoms with E-state index in [0.29, 0.717) is 5.69 Å². The first-order valence-electron chi connectivity index (χ1n) is 8.55. The topological polar surface area (TPSA) is 88.1 Å². The van der Waals surface area contributed by atoms with E-state index in [4.69, 9.17) is 4.74 Å². The van der Waals surface area contributed by atoms with Crippen LogP contribution in [0.1, 0.15) is 11.1 Å². The Morgan fingerprint density at radius 1 is 1.07 bits per heavy atom. The lowest BCUT2D eigenvalue weighted by Crippen LogP contribution is -2.36. The van der Waals surface area contributed by atoms with Crippen LogP contribution in [0.15, 0.2) is 59.7 Å². The average molecular weight is 363 g/mol. The lowest BCUT2D eigenvalue weighted by molar-refractivity contribution is -0.137. The molecule has 2 atom stereocenters. The number of hydrazone groups is 1. The fourth-order valence-corrected chi connectivity index (χ4v) is 3.20. The summed E-state index contributed by atoms with van der Waals surface area (Å²) in [6.07, 6.45) is 0. The van der Waals surface area contributed by atoms with E-state index >= 15 is 0 Å². The first-order valence-corrected chi connectivity index (χ1v) is 8.55. The molecule has 2 aliphatic heterocycles. The number of rotatable bonds is 4. The van der Waals surface area contributed by atoms with Crippen molar-refractivity contribution >= 4 is 29.2 Å². The van der Waals surface area contributed by atoms with Gasteiger partial charge >= 0.3 is 5.97 Å². The van der Waals surface area contributed by atoms with Gasteiger partial charge in [-0.2, -0.15) is 5.10 Å². The van der Waals surface area contributed by atoms with E-state index in [2.05, 4.69) is 10.5 Å². The second kappa shape index (κ2) is 6.68. The molecule has 7 nitrogen and oxygen atoms in total. The summed E-state index contributed by atoms with van der Waals surface area (Å²) in [6, 6.07) is 15.4. The zero-order valence-corrected chi connectivity index (χ0v) is 14.6. The van der Waals surface area contributed by atoms with Crippen molar-refractivity contribution in [1.29, 1.82) is 0 Å². The van der Waals surface area contributed by atoms with E-state index in [-0.39, 0.29) is 12.3 Å². The molecule has 2 aromatic carbocycles. The number of hydrogen-bond acceptors (Lipinski definition) is 6. The molecule has 4 rings (SSSR count). The highest BCUT2D eigenvalue weighted by Crippen LogP contribution is 2.31. The lowest BCUT2D eigenvalue weighted by atomic mass is 9.99. The number of fused-ring (bicyclic) bond motifs is 1. The molecule has 2 aromatic rings. The second-order valence-electron chi connectivity index (χ2n) is 6.49. The Labute approximate surface area is 155 Å². The van der Waals surface area contributed by atoms with Gasteiger partial charge in [-0.15, -0.1) is 0 Å². The molecule has 0 bridgehead atoms. The van der Waals surface area contributed by atoms with Crippen LogP contribution in [-0.4, -0.2) is 29.5 Å². The molecule has 0 aliphatic carbocycles. The van der Waals surface area contributed by atoms with Crippen LogP contribution in [0.5, 0.6) is 0 Å². The minimum absolute atomic E-state index is 0.0658. The number of esters is 1. The van der Waals surface area contributed by atoms with Crippen LogP contribution >= 0.6 is 0 Å². The summed E-state index contributed by atoms with van der Waals surface area (Å²) in [5, 5.41) is 3.90. The number of amides is 2. The highest BCUT2D eigenvalue weighted by Gasteiger charge is 2.55. The van der Waals surface area contributed by atoms with Crippen molar-refractivity contribution in [3.05, 3.63) is 65.7 Å². The van der Waals surface area contributed by atoms with Crippen molar-refractivity contribution in [1.82, 2.24) is 5.43 Å². The van der Waals surface area contributed by atoms with Crippen molar-refractivity contribution in [3.8, 4) is 0 Å². The SMILES string of the molecule is Cc1ccc(N2C(=O)[C@H]3C(C(=O)OCc4ccccc4)=NN[C@@H]3C2=O)cc1. The molecule has 0 saturated carbocycles. The van der Waals surface area contributed by atoms with E-state index < -0.39 is 29.7 Å². The third kappa shape index (κ3) is 2.97. The van der Waals surface area contributed by atoms with Crippen LogP contribution < -0.4 is 10.3 Å². The van der Waals surface area contributed by atoms with E-state index in [1.165, 1.54) is 0 Å². The van der Waals surface area contributed by atoms with E-state index in [0.717, 1.165) is 16.0 Å². The van der Waals surface area contributed by atoms with Gasteiger partial charge in [-0.05, 0) is 24.6 Å². The second-order valence-corrected chi connectivity index (χ2v) is 6.49. The number of carbonyl (C=O) groups excluding carboxylic acids is 3. The molecular formula is C20H17N3O4. The molecule has 2 heterocycles. The van der Waals surface area contributed by atoms with Gasteiger partial charge in [0.25, 0.3) is 5.91 Å². The number of benzene rings is 2. The fraction of sp³-hybridized carbons (Fsp3) is 0.200. The van der Waals surface area contributed by atoms with E-state index in [1.54, 1.807) is 12.1 Å². The number of anilines is 1. The fourth-order valence-electron chi connectivity index (χ4n) is 3.20. The molecule has 136 valence electrons. The molecule has 2 aliphatic rings. The van der Waals surface area contributed by atoms with Gasteiger partial charge in [0.05, 0.1) is 5.69 Å². The Hall–Kier alpha value is -3.48. The van der Waals surface area contributed by atoms with Crippen LogP contribution in [-0.2, 0) is 25.7 Å². The Bertz CT molecular complexity index is 937. The number of aryl methyl sites for hydroxylation is 1. The standard InChI is InChI=1S/C20H17N3O4/c1-12-7-9-14(10-8-12)23-18(24)15-16(19(23)25)21-22-17(15)20(26)27-11-13-5-3-2-4-6-13/h2-10,15-16,21H,11H2,1H3/t15-,16+/m1/s1. The largest absolute Gasteiger partial charge is 0.456 e. The Morgan fingerprint density at radius 2 is 1.78 bits per heavy atom. The molecule has 27 heavy (non-hydrogen) atoms. The minimum Gasteiger partial charge on any atom is -0.456 e. The first-order chi connectivity index (χ1) is 13.1. The quantitative estimate of drug-likeness (QED) is 0.658. The summed E-state index contributed by atoms with van der Waals surface area (Å²) >= 11 is 0. The maximum absolute atomic E-state index is 12.8. The van der Waals surface area contributed by atoms with Gasteiger partial charge in [0.1, 0.15) is 18.6 Å². The normalized spacial score (nSPS) is 20.9. The number of carbonyl (C=O) groups is 3. The smallest absolute Gasteiger partial charge is 0.355 e.